The van der Waals surface area contributed by atoms with E-state index in [1.165, 1.54) is 28.2 Å². The fourth-order valence-electron chi connectivity index (χ4n) is 3.35. The fraction of sp³-hybridized carbons (Fsp3) is 0.167. The van der Waals surface area contributed by atoms with E-state index in [4.69, 9.17) is 0 Å². The second-order valence-corrected chi connectivity index (χ2v) is 8.39. The zero-order chi connectivity index (χ0) is 25.0. The van der Waals surface area contributed by atoms with Crippen LogP contribution in [0.5, 0.6) is 0 Å². The van der Waals surface area contributed by atoms with E-state index in [-0.39, 0.29) is 23.9 Å². The molecule has 2 N–H and O–H groups in total. The SMILES string of the molecule is CCc1ccccc1NC(=O)CNC(=O)c1nc(-c2cccs2)n(-c2cccc(C(F)(F)F)c2)n1. The summed E-state index contributed by atoms with van der Waals surface area (Å²) in [6.45, 7) is 1.63. The van der Waals surface area contributed by atoms with Gasteiger partial charge in [-0.1, -0.05) is 37.3 Å². The number of amides is 2. The first-order chi connectivity index (χ1) is 16.8. The lowest BCUT2D eigenvalue weighted by Gasteiger charge is -2.10. The normalized spacial score (nSPS) is 11.3. The van der Waals surface area contributed by atoms with Crippen LogP contribution >= 0.6 is 11.3 Å². The highest BCUT2D eigenvalue weighted by atomic mass is 32.1. The van der Waals surface area contributed by atoms with Gasteiger partial charge >= 0.3 is 6.18 Å². The van der Waals surface area contributed by atoms with E-state index in [0.717, 1.165) is 24.1 Å². The van der Waals surface area contributed by atoms with Crippen molar-refractivity contribution < 1.29 is 22.8 Å². The number of nitrogens with zero attached hydrogens (tertiary/aromatic N) is 3. The van der Waals surface area contributed by atoms with Crippen LogP contribution in [0.25, 0.3) is 16.4 Å². The first-order valence-electron chi connectivity index (χ1n) is 10.6. The van der Waals surface area contributed by atoms with Gasteiger partial charge in [-0.3, -0.25) is 9.59 Å². The number of carbonyl (C=O) groups is 2. The minimum atomic E-state index is -4.54. The number of halogens is 3. The highest BCUT2D eigenvalue weighted by Gasteiger charge is 2.31. The Kier molecular flexibility index (Phi) is 6.97. The summed E-state index contributed by atoms with van der Waals surface area (Å²) in [6, 6.07) is 15.4. The van der Waals surface area contributed by atoms with E-state index in [1.807, 2.05) is 19.1 Å². The van der Waals surface area contributed by atoms with Crippen LogP contribution in [0, 0.1) is 0 Å². The molecule has 35 heavy (non-hydrogen) atoms. The molecule has 11 heteroatoms. The molecular formula is C24H20F3N5O2S. The number of benzene rings is 2. The molecule has 0 saturated carbocycles. The third-order valence-corrected chi connectivity index (χ3v) is 5.92. The molecule has 2 heterocycles. The topological polar surface area (TPSA) is 88.9 Å². The molecule has 0 aliphatic rings. The molecule has 0 spiro atoms. The fourth-order valence-corrected chi connectivity index (χ4v) is 4.05. The van der Waals surface area contributed by atoms with Crippen molar-refractivity contribution in [2.75, 3.05) is 11.9 Å². The standard InChI is InChI=1S/C24H20F3N5O2S/c1-2-15-7-3-4-10-18(15)29-20(33)14-28-23(34)21-30-22(19-11-6-12-35-19)32(31-21)17-9-5-8-16(13-17)24(25,26)27/h3-13H,2,14H2,1H3,(H,28,34)(H,29,33). The number of aryl methyl sites for hydroxylation is 1. The Morgan fingerprint density at radius 1 is 1.06 bits per heavy atom. The summed E-state index contributed by atoms with van der Waals surface area (Å²) in [4.78, 5) is 29.9. The number of alkyl halides is 3. The smallest absolute Gasteiger partial charge is 0.340 e. The molecule has 2 aromatic carbocycles. The zero-order valence-electron chi connectivity index (χ0n) is 18.5. The summed E-state index contributed by atoms with van der Waals surface area (Å²) in [6.07, 6.45) is -3.81. The number of hydrogen-bond acceptors (Lipinski definition) is 5. The molecule has 0 aliphatic heterocycles. The number of anilines is 1. The van der Waals surface area contributed by atoms with Crippen LogP contribution in [-0.2, 0) is 17.4 Å². The molecule has 0 radical (unpaired) electrons. The third-order valence-electron chi connectivity index (χ3n) is 5.05. The first kappa shape index (κ1) is 24.1. The predicted molar refractivity (Wildman–Crippen MR) is 126 cm³/mol. The minimum absolute atomic E-state index is 0.101. The van der Waals surface area contributed by atoms with Gasteiger partial charge in [-0.15, -0.1) is 16.4 Å². The van der Waals surface area contributed by atoms with E-state index in [2.05, 4.69) is 20.7 Å². The van der Waals surface area contributed by atoms with Gasteiger partial charge < -0.3 is 10.6 Å². The number of hydrogen-bond donors (Lipinski definition) is 2. The van der Waals surface area contributed by atoms with Gasteiger partial charge in [-0.2, -0.15) is 13.2 Å². The monoisotopic (exact) mass is 499 g/mol. The number of nitrogens with one attached hydrogen (secondary N) is 2. The molecule has 0 saturated heterocycles. The molecular weight excluding hydrogens is 479 g/mol. The highest BCUT2D eigenvalue weighted by Crippen LogP contribution is 2.32. The number of para-hydroxylation sites is 1. The molecule has 2 aromatic heterocycles. The Bertz CT molecular complexity index is 1350. The summed E-state index contributed by atoms with van der Waals surface area (Å²) < 4.78 is 40.9. The number of carbonyl (C=O) groups excluding carboxylic acids is 2. The average molecular weight is 500 g/mol. The van der Waals surface area contributed by atoms with Gasteiger partial charge in [0.25, 0.3) is 5.91 Å². The van der Waals surface area contributed by atoms with Crippen LogP contribution in [0.4, 0.5) is 18.9 Å². The highest BCUT2D eigenvalue weighted by molar-refractivity contribution is 7.13. The van der Waals surface area contributed by atoms with Crippen molar-refractivity contribution in [1.82, 2.24) is 20.1 Å². The number of thiophene rings is 1. The Labute approximate surface area is 202 Å². The van der Waals surface area contributed by atoms with Gasteiger partial charge in [-0.05, 0) is 47.7 Å². The van der Waals surface area contributed by atoms with Gasteiger partial charge in [0.2, 0.25) is 11.7 Å². The average Bonchev–Trinajstić information content (AvgIpc) is 3.53. The van der Waals surface area contributed by atoms with Crippen LogP contribution in [0.2, 0.25) is 0 Å². The molecule has 0 aliphatic carbocycles. The summed E-state index contributed by atoms with van der Waals surface area (Å²) >= 11 is 1.30. The molecule has 2 amide bonds. The zero-order valence-corrected chi connectivity index (χ0v) is 19.3. The van der Waals surface area contributed by atoms with E-state index < -0.39 is 23.6 Å². The van der Waals surface area contributed by atoms with Crippen LogP contribution in [0.1, 0.15) is 28.7 Å². The van der Waals surface area contributed by atoms with Crippen molar-refractivity contribution in [2.45, 2.75) is 19.5 Å². The van der Waals surface area contributed by atoms with Crippen LogP contribution < -0.4 is 10.6 Å². The second kappa shape index (κ2) is 10.1. The second-order valence-electron chi connectivity index (χ2n) is 7.44. The van der Waals surface area contributed by atoms with E-state index in [1.54, 1.807) is 29.6 Å². The minimum Gasteiger partial charge on any atom is -0.340 e. The Morgan fingerprint density at radius 3 is 2.57 bits per heavy atom. The van der Waals surface area contributed by atoms with Crippen molar-refractivity contribution in [1.29, 1.82) is 0 Å². The van der Waals surface area contributed by atoms with Crippen molar-refractivity contribution in [3.05, 3.63) is 83.0 Å². The van der Waals surface area contributed by atoms with Crippen molar-refractivity contribution in [3.8, 4) is 16.4 Å². The molecule has 180 valence electrons. The van der Waals surface area contributed by atoms with Gasteiger partial charge in [0.05, 0.1) is 22.7 Å². The Morgan fingerprint density at radius 2 is 1.86 bits per heavy atom. The molecule has 0 unspecified atom stereocenters. The molecule has 7 nitrogen and oxygen atoms in total. The third kappa shape index (κ3) is 5.57. The Hall–Kier alpha value is -3.99. The van der Waals surface area contributed by atoms with E-state index >= 15 is 0 Å². The van der Waals surface area contributed by atoms with Gasteiger partial charge in [-0.25, -0.2) is 9.67 Å². The maximum Gasteiger partial charge on any atom is 0.416 e. The molecule has 0 bridgehead atoms. The largest absolute Gasteiger partial charge is 0.416 e. The summed E-state index contributed by atoms with van der Waals surface area (Å²) in [5.74, 6) is -1.22. The van der Waals surface area contributed by atoms with Crippen LogP contribution in [-0.4, -0.2) is 33.1 Å². The quantitative estimate of drug-likeness (QED) is 0.377. The summed E-state index contributed by atoms with van der Waals surface area (Å²) in [7, 11) is 0. The maximum atomic E-state index is 13.2. The summed E-state index contributed by atoms with van der Waals surface area (Å²) in [5, 5.41) is 11.1. The first-order valence-corrected chi connectivity index (χ1v) is 11.5. The Balaban J connectivity index is 1.55. The number of aromatic nitrogens is 3. The maximum absolute atomic E-state index is 13.2. The number of rotatable bonds is 7. The summed E-state index contributed by atoms with van der Waals surface area (Å²) in [5.41, 5.74) is 0.858. The molecule has 0 fully saturated rings. The van der Waals surface area contributed by atoms with Gasteiger partial charge in [0.1, 0.15) is 0 Å². The predicted octanol–water partition coefficient (Wildman–Crippen LogP) is 4.95. The van der Waals surface area contributed by atoms with Gasteiger partial charge in [0.15, 0.2) is 5.82 Å². The molecule has 4 aromatic rings. The van der Waals surface area contributed by atoms with Crippen LogP contribution in [0.3, 0.4) is 0 Å². The van der Waals surface area contributed by atoms with E-state index in [9.17, 15) is 22.8 Å². The van der Waals surface area contributed by atoms with Gasteiger partial charge in [0, 0.05) is 5.69 Å². The van der Waals surface area contributed by atoms with Crippen molar-refractivity contribution in [2.24, 2.45) is 0 Å². The van der Waals surface area contributed by atoms with E-state index in [0.29, 0.717) is 10.6 Å². The lowest BCUT2D eigenvalue weighted by Crippen LogP contribution is -2.33. The lowest BCUT2D eigenvalue weighted by atomic mass is 10.1. The lowest BCUT2D eigenvalue weighted by molar-refractivity contribution is -0.137. The molecule has 4 rings (SSSR count). The van der Waals surface area contributed by atoms with Crippen molar-refractivity contribution >= 4 is 28.8 Å². The molecule has 0 atom stereocenters. The van der Waals surface area contributed by atoms with Crippen molar-refractivity contribution in [3.63, 3.8) is 0 Å². The van der Waals surface area contributed by atoms with Crippen LogP contribution in [0.15, 0.2) is 66.0 Å².